The van der Waals surface area contributed by atoms with Crippen LogP contribution in [0.25, 0.3) is 0 Å². The van der Waals surface area contributed by atoms with Crippen LogP contribution >= 0.6 is 0 Å². The zero-order chi connectivity index (χ0) is 13.7. The summed E-state index contributed by atoms with van der Waals surface area (Å²) < 4.78 is 5.55. The first-order valence-corrected chi connectivity index (χ1v) is 8.70. The van der Waals surface area contributed by atoms with Crippen LogP contribution in [-0.2, 0) is 16.2 Å². The summed E-state index contributed by atoms with van der Waals surface area (Å²) in [4.78, 5) is 0. The van der Waals surface area contributed by atoms with E-state index >= 15 is 0 Å². The average Bonchev–Trinajstić information content (AvgIpc) is 2.38. The van der Waals surface area contributed by atoms with Crippen LogP contribution in [0.4, 0.5) is 0 Å². The molecule has 2 rings (SSSR count). The topological polar surface area (TPSA) is 9.23 Å². The van der Waals surface area contributed by atoms with E-state index < -0.39 is 9.04 Å². The van der Waals surface area contributed by atoms with Crippen molar-refractivity contribution in [1.29, 1.82) is 0 Å². The van der Waals surface area contributed by atoms with Gasteiger partial charge in [0, 0.05) is 0 Å². The zero-order valence-electron chi connectivity index (χ0n) is 11.4. The van der Waals surface area contributed by atoms with Gasteiger partial charge in [-0.05, 0) is 37.1 Å². The summed E-state index contributed by atoms with van der Waals surface area (Å²) in [5.74, 6) is 0. The van der Waals surface area contributed by atoms with Crippen molar-refractivity contribution in [1.82, 2.24) is 0 Å². The Morgan fingerprint density at radius 1 is 0.895 bits per heavy atom. The highest BCUT2D eigenvalue weighted by molar-refractivity contribution is 6.54. The van der Waals surface area contributed by atoms with Crippen molar-refractivity contribution in [2.24, 2.45) is 0 Å². The first-order valence-electron chi connectivity index (χ1n) is 6.47. The summed E-state index contributed by atoms with van der Waals surface area (Å²) in [6.45, 7) is 4.26. The third kappa shape index (κ3) is 4.46. The van der Waals surface area contributed by atoms with Gasteiger partial charge in [-0.15, -0.1) is 0 Å². The summed E-state index contributed by atoms with van der Waals surface area (Å²) in [6.07, 6.45) is 0. The lowest BCUT2D eigenvalue weighted by molar-refractivity contribution is 0.623. The molecule has 0 unspecified atom stereocenters. The van der Waals surface area contributed by atoms with Gasteiger partial charge in [-0.25, -0.2) is 0 Å². The highest BCUT2D eigenvalue weighted by Gasteiger charge is 2.13. The highest BCUT2D eigenvalue weighted by atomic mass is 28.3. The smallest absolute Gasteiger partial charge is 0.229 e. The van der Waals surface area contributed by atoms with Gasteiger partial charge in [0.15, 0.2) is 0 Å². The third-order valence-corrected chi connectivity index (χ3v) is 5.87. The van der Waals surface area contributed by atoms with Crippen LogP contribution in [-0.4, -0.2) is 19.5 Å². The molecule has 19 heavy (non-hydrogen) atoms. The fraction of sp³-hybridized carbons (Fsp3) is 0.250. The molecule has 0 aliphatic rings. The van der Waals surface area contributed by atoms with E-state index in [1.54, 1.807) is 0 Å². The van der Waals surface area contributed by atoms with Crippen molar-refractivity contribution in [3.63, 3.8) is 0 Å². The van der Waals surface area contributed by atoms with Crippen LogP contribution in [0.3, 0.4) is 0 Å². The number of aryl methyl sites for hydroxylation is 2. The Kier molecular flexibility index (Phi) is 5.13. The monoisotopic (exact) mass is 282 g/mol. The van der Waals surface area contributed by atoms with E-state index in [4.69, 9.17) is 4.12 Å². The van der Waals surface area contributed by atoms with Crippen LogP contribution in [0, 0.1) is 13.8 Å². The molecule has 0 aliphatic carbocycles. The summed E-state index contributed by atoms with van der Waals surface area (Å²) in [5.41, 5.74) is 5.34. The maximum absolute atomic E-state index is 5.55. The van der Waals surface area contributed by atoms with E-state index in [1.165, 1.54) is 22.3 Å². The van der Waals surface area contributed by atoms with Crippen LogP contribution < -0.4 is 0 Å². The molecule has 0 aromatic heterocycles. The minimum atomic E-state index is -0.908. The molecule has 1 nitrogen and oxygen atoms in total. The van der Waals surface area contributed by atoms with Crippen molar-refractivity contribution < 1.29 is 4.12 Å². The molecule has 96 valence electrons. The Bertz CT molecular complexity index is 492. The Morgan fingerprint density at radius 2 is 1.37 bits per heavy atom. The molecule has 3 heteroatoms. The van der Waals surface area contributed by atoms with Gasteiger partial charge < -0.3 is 4.12 Å². The lowest BCUT2D eigenvalue weighted by atomic mass is 10.2. The second-order valence-electron chi connectivity index (χ2n) is 4.97. The molecule has 0 amide bonds. The van der Waals surface area contributed by atoms with Crippen LogP contribution in [0.1, 0.15) is 22.3 Å². The van der Waals surface area contributed by atoms with Gasteiger partial charge in [-0.2, -0.15) is 0 Å². The molecule has 0 saturated heterocycles. The van der Waals surface area contributed by atoms with Gasteiger partial charge in [-0.1, -0.05) is 59.7 Å². The molecule has 0 saturated carbocycles. The maximum atomic E-state index is 5.55. The van der Waals surface area contributed by atoms with E-state index in [0.29, 0.717) is 0 Å². The average molecular weight is 282 g/mol. The van der Waals surface area contributed by atoms with E-state index in [2.05, 4.69) is 72.9 Å². The molecule has 0 aliphatic heterocycles. The van der Waals surface area contributed by atoms with Crippen molar-refractivity contribution in [3.05, 3.63) is 70.8 Å². The van der Waals surface area contributed by atoms with Gasteiger partial charge in [-0.3, -0.25) is 0 Å². The molecule has 2 aromatic carbocycles. The predicted octanol–water partition coefficient (Wildman–Crippen LogP) is 3.26. The van der Waals surface area contributed by atoms with Crippen molar-refractivity contribution >= 4 is 19.5 Å². The largest absolute Gasteiger partial charge is 0.457 e. The fourth-order valence-corrected chi connectivity index (χ4v) is 4.29. The van der Waals surface area contributed by atoms with Crippen molar-refractivity contribution in [3.8, 4) is 0 Å². The fourth-order valence-electron chi connectivity index (χ4n) is 2.23. The molecule has 0 N–H and O–H groups in total. The van der Waals surface area contributed by atoms with Crippen LogP contribution in [0.5, 0.6) is 0 Å². The molecule has 0 fully saturated rings. The second kappa shape index (κ2) is 6.84. The van der Waals surface area contributed by atoms with Gasteiger partial charge >= 0.3 is 0 Å². The molecule has 0 heterocycles. The Hall–Kier alpha value is -1.17. The summed E-state index contributed by atoms with van der Waals surface area (Å²) in [7, 11) is 2.36. The Balaban J connectivity index is 2.04. The lowest BCUT2D eigenvalue weighted by Gasteiger charge is -2.13. The minimum absolute atomic E-state index is 0.908. The second-order valence-corrected chi connectivity index (χ2v) is 7.57. The Labute approximate surface area is 120 Å². The first-order chi connectivity index (χ1) is 9.17. The molecule has 0 bridgehead atoms. The maximum Gasteiger partial charge on any atom is 0.229 e. The number of hydrogen-bond acceptors (Lipinski definition) is 1. The van der Waals surface area contributed by atoms with Gasteiger partial charge in [0.1, 0.15) is 0 Å². The Morgan fingerprint density at radius 3 is 1.74 bits per heavy atom. The lowest BCUT2D eigenvalue weighted by Crippen LogP contribution is -2.24. The number of hydrogen-bond donors (Lipinski definition) is 0. The van der Waals surface area contributed by atoms with Crippen LogP contribution in [0.15, 0.2) is 48.5 Å². The summed E-state index contributed by atoms with van der Waals surface area (Å²) in [5, 5.41) is 0. The standard InChI is InChI=1S/C16H18OSi2/c1-13-5-3-7-15(9-13)11-19(17-18)12-16-8-4-6-14(2)10-16/h3-10H,11-12H2,1-2H3. The molecule has 4 radical (unpaired) electrons. The van der Waals surface area contributed by atoms with E-state index in [0.717, 1.165) is 12.1 Å². The van der Waals surface area contributed by atoms with Crippen molar-refractivity contribution in [2.45, 2.75) is 25.9 Å². The van der Waals surface area contributed by atoms with E-state index in [1.807, 2.05) is 0 Å². The summed E-state index contributed by atoms with van der Waals surface area (Å²) in [6, 6.07) is 19.4. The summed E-state index contributed by atoms with van der Waals surface area (Å²) >= 11 is 0. The van der Waals surface area contributed by atoms with Gasteiger partial charge in [0.05, 0.1) is 0 Å². The first kappa shape index (κ1) is 14.2. The van der Waals surface area contributed by atoms with Gasteiger partial charge in [0.2, 0.25) is 19.5 Å². The normalized spacial score (nSPS) is 10.9. The van der Waals surface area contributed by atoms with E-state index in [-0.39, 0.29) is 0 Å². The zero-order valence-corrected chi connectivity index (χ0v) is 13.4. The van der Waals surface area contributed by atoms with Crippen LogP contribution in [0.2, 0.25) is 0 Å². The third-order valence-electron chi connectivity index (χ3n) is 3.11. The minimum Gasteiger partial charge on any atom is -0.457 e. The van der Waals surface area contributed by atoms with Gasteiger partial charge in [0.25, 0.3) is 0 Å². The molecule has 2 aromatic rings. The quantitative estimate of drug-likeness (QED) is 0.765. The van der Waals surface area contributed by atoms with E-state index in [9.17, 15) is 0 Å². The SMILES string of the molecule is Cc1cccc(C[Si](Cc2cccc(C)c2)O[Si])c1. The molecular formula is C16H18OSi2. The van der Waals surface area contributed by atoms with Crippen molar-refractivity contribution in [2.75, 3.05) is 0 Å². The molecule has 0 spiro atoms. The predicted molar refractivity (Wildman–Crippen MR) is 82.4 cm³/mol. The molecule has 0 atom stereocenters. The number of benzene rings is 2. The number of rotatable bonds is 5. The molecular weight excluding hydrogens is 264 g/mol. The highest BCUT2D eigenvalue weighted by Crippen LogP contribution is 2.11.